The van der Waals surface area contributed by atoms with Crippen molar-refractivity contribution in [3.8, 4) is 11.5 Å². The monoisotopic (exact) mass is 633 g/mol. The average molecular weight is 635 g/mol. The lowest BCUT2D eigenvalue weighted by Crippen LogP contribution is -2.50. The second-order valence-corrected chi connectivity index (χ2v) is 12.7. The minimum Gasteiger partial charge on any atom is -0.454 e. The van der Waals surface area contributed by atoms with E-state index in [9.17, 15) is 9.59 Å². The zero-order valence-electron chi connectivity index (χ0n) is 22.8. The van der Waals surface area contributed by atoms with Gasteiger partial charge in [0.05, 0.1) is 0 Å². The van der Waals surface area contributed by atoms with Gasteiger partial charge in [0, 0.05) is 29.0 Å². The summed E-state index contributed by atoms with van der Waals surface area (Å²) in [4.78, 5) is 41.2. The van der Waals surface area contributed by atoms with Gasteiger partial charge >= 0.3 is 6.09 Å². The van der Waals surface area contributed by atoms with E-state index in [0.29, 0.717) is 48.1 Å². The van der Waals surface area contributed by atoms with Crippen molar-refractivity contribution >= 4 is 56.7 Å². The van der Waals surface area contributed by atoms with Gasteiger partial charge in [0.1, 0.15) is 18.0 Å². The number of likely N-dealkylation sites (tertiary alicyclic amines) is 1. The summed E-state index contributed by atoms with van der Waals surface area (Å²) in [5, 5.41) is 3.37. The van der Waals surface area contributed by atoms with Crippen LogP contribution in [0.5, 0.6) is 11.5 Å². The molecule has 0 aliphatic carbocycles. The van der Waals surface area contributed by atoms with Crippen LogP contribution in [0, 0.1) is 5.92 Å². The summed E-state index contributed by atoms with van der Waals surface area (Å²) in [5.74, 6) is 1.85. The van der Waals surface area contributed by atoms with Crippen molar-refractivity contribution in [2.45, 2.75) is 68.8 Å². The van der Waals surface area contributed by atoms with Gasteiger partial charge in [-0.25, -0.2) is 19.7 Å². The van der Waals surface area contributed by atoms with Crippen LogP contribution in [0.1, 0.15) is 40.5 Å². The van der Waals surface area contributed by atoms with Gasteiger partial charge in [-0.3, -0.25) is 4.79 Å². The van der Waals surface area contributed by atoms with Crippen molar-refractivity contribution in [3.05, 3.63) is 22.9 Å². The lowest BCUT2D eigenvalue weighted by molar-refractivity contribution is -0.134. The molecule has 1 fully saturated rings. The number of hydrogen-bond donors (Lipinski definition) is 2. The Balaban J connectivity index is 1.28. The van der Waals surface area contributed by atoms with Crippen molar-refractivity contribution < 1.29 is 23.8 Å². The van der Waals surface area contributed by atoms with Gasteiger partial charge in [0.2, 0.25) is 12.7 Å². The second kappa shape index (κ2) is 11.3. The number of piperidine rings is 1. The predicted octanol–water partition coefficient (Wildman–Crippen LogP) is 4.20. The number of carbonyl (C=O) groups is 2. The van der Waals surface area contributed by atoms with Crippen LogP contribution < -0.4 is 20.5 Å². The van der Waals surface area contributed by atoms with E-state index in [1.807, 2.05) is 12.1 Å². The van der Waals surface area contributed by atoms with Crippen LogP contribution in [0.4, 0.5) is 10.6 Å². The Labute approximate surface area is 244 Å². The van der Waals surface area contributed by atoms with Crippen molar-refractivity contribution in [3.63, 3.8) is 0 Å². The number of nitrogen functional groups attached to an aromatic ring is 1. The van der Waals surface area contributed by atoms with Gasteiger partial charge in [0.15, 0.2) is 33.6 Å². The molecule has 5 rings (SSSR count). The number of rotatable bonds is 6. The minimum atomic E-state index is -0.674. The molecule has 4 heterocycles. The first kappa shape index (κ1) is 28.3. The number of fused-ring (bicyclic) bond motifs is 2. The molecular formula is C26H32BrN7O5S. The molecule has 2 amide bonds. The number of alkyl carbamates (subject to hydrolysis) is 1. The number of amides is 2. The largest absolute Gasteiger partial charge is 0.454 e. The molecule has 3 N–H and O–H groups in total. The van der Waals surface area contributed by atoms with E-state index in [-0.39, 0.29) is 18.6 Å². The molecule has 12 nitrogen and oxygen atoms in total. The molecule has 0 unspecified atom stereocenters. The number of nitrogens with two attached hydrogens (primary N) is 1. The molecule has 0 radical (unpaired) electrons. The third kappa shape index (κ3) is 6.22. The SMILES string of the molecule is C[C@@H](NC(=O)OC(C)(C)C)C(=O)N1CCC(Cn2c(Sc3cc4c(cc3Br)OCO4)nc3c(N)ncnc32)CC1. The zero-order valence-corrected chi connectivity index (χ0v) is 25.2. The number of hydrogen-bond acceptors (Lipinski definition) is 10. The highest BCUT2D eigenvalue weighted by Gasteiger charge is 2.29. The van der Waals surface area contributed by atoms with E-state index in [2.05, 4.69) is 35.8 Å². The first-order chi connectivity index (χ1) is 19.0. The number of ether oxygens (including phenoxy) is 3. The Morgan fingerprint density at radius 3 is 2.62 bits per heavy atom. The number of carbonyl (C=O) groups excluding carboxylic acids is 2. The van der Waals surface area contributed by atoms with Gasteiger partial charge < -0.3 is 34.7 Å². The van der Waals surface area contributed by atoms with Crippen molar-refractivity contribution in [1.29, 1.82) is 0 Å². The Bertz CT molecular complexity index is 1440. The van der Waals surface area contributed by atoms with Crippen LogP contribution in [0.2, 0.25) is 0 Å². The van der Waals surface area contributed by atoms with E-state index < -0.39 is 17.7 Å². The fourth-order valence-electron chi connectivity index (χ4n) is 4.67. The highest BCUT2D eigenvalue weighted by molar-refractivity contribution is 9.10. The summed E-state index contributed by atoms with van der Waals surface area (Å²) in [5.41, 5.74) is 6.74. The number of imidazole rings is 1. The molecule has 3 aromatic rings. The highest BCUT2D eigenvalue weighted by Crippen LogP contribution is 2.43. The normalized spacial score (nSPS) is 16.3. The summed E-state index contributed by atoms with van der Waals surface area (Å²) in [6, 6.07) is 3.13. The summed E-state index contributed by atoms with van der Waals surface area (Å²) in [6.07, 6.45) is 2.43. The summed E-state index contributed by atoms with van der Waals surface area (Å²) in [7, 11) is 0. The predicted molar refractivity (Wildman–Crippen MR) is 152 cm³/mol. The van der Waals surface area contributed by atoms with E-state index in [1.54, 1.807) is 32.6 Å². The van der Waals surface area contributed by atoms with Crippen LogP contribution in [-0.4, -0.2) is 67.9 Å². The molecule has 2 aliphatic rings. The third-order valence-electron chi connectivity index (χ3n) is 6.62. The van der Waals surface area contributed by atoms with Crippen LogP contribution in [0.15, 0.2) is 33.0 Å². The van der Waals surface area contributed by atoms with E-state index in [1.165, 1.54) is 18.1 Å². The fourth-order valence-corrected chi connectivity index (χ4v) is 6.16. The van der Waals surface area contributed by atoms with Crippen LogP contribution in [0.3, 0.4) is 0 Å². The molecule has 1 saturated heterocycles. The Morgan fingerprint density at radius 2 is 1.93 bits per heavy atom. The maximum Gasteiger partial charge on any atom is 0.408 e. The molecule has 0 spiro atoms. The lowest BCUT2D eigenvalue weighted by atomic mass is 9.96. The number of benzene rings is 1. The topological polar surface area (TPSA) is 147 Å². The Morgan fingerprint density at radius 1 is 1.23 bits per heavy atom. The van der Waals surface area contributed by atoms with Gasteiger partial charge in [-0.1, -0.05) is 11.8 Å². The third-order valence-corrected chi connectivity index (χ3v) is 8.59. The van der Waals surface area contributed by atoms with Crippen LogP contribution in [-0.2, 0) is 16.1 Å². The molecule has 0 saturated carbocycles. The van der Waals surface area contributed by atoms with Crippen LogP contribution >= 0.6 is 27.7 Å². The summed E-state index contributed by atoms with van der Waals surface area (Å²) < 4.78 is 19.3. The molecule has 0 bridgehead atoms. The fraction of sp³-hybridized carbons (Fsp3) is 0.500. The minimum absolute atomic E-state index is 0.123. The molecule has 2 aliphatic heterocycles. The van der Waals surface area contributed by atoms with Gasteiger partial charge in [-0.15, -0.1) is 0 Å². The van der Waals surface area contributed by atoms with Crippen LogP contribution in [0.25, 0.3) is 11.2 Å². The molecule has 2 aromatic heterocycles. The summed E-state index contributed by atoms with van der Waals surface area (Å²) in [6.45, 7) is 9.05. The quantitative estimate of drug-likeness (QED) is 0.405. The molecule has 14 heteroatoms. The number of nitrogens with one attached hydrogen (secondary N) is 1. The maximum atomic E-state index is 13.0. The number of aromatic nitrogens is 4. The molecule has 1 atom stereocenters. The van der Waals surface area contributed by atoms with Gasteiger partial charge in [-0.05, 0) is 74.5 Å². The number of anilines is 1. The number of nitrogens with zero attached hydrogens (tertiary/aromatic N) is 5. The van der Waals surface area contributed by atoms with E-state index in [4.69, 9.17) is 24.9 Å². The number of halogens is 1. The lowest BCUT2D eigenvalue weighted by Gasteiger charge is -2.34. The van der Waals surface area contributed by atoms with Crippen molar-refractivity contribution in [2.24, 2.45) is 5.92 Å². The average Bonchev–Trinajstić information content (AvgIpc) is 3.48. The molecule has 40 heavy (non-hydrogen) atoms. The first-order valence-corrected chi connectivity index (χ1v) is 14.6. The van der Waals surface area contributed by atoms with Crippen molar-refractivity contribution in [2.75, 3.05) is 25.6 Å². The molecule has 1 aromatic carbocycles. The van der Waals surface area contributed by atoms with Gasteiger partial charge in [0.25, 0.3) is 0 Å². The highest BCUT2D eigenvalue weighted by atomic mass is 79.9. The summed E-state index contributed by atoms with van der Waals surface area (Å²) >= 11 is 5.11. The van der Waals surface area contributed by atoms with E-state index >= 15 is 0 Å². The Kier molecular flexibility index (Phi) is 8.00. The zero-order chi connectivity index (χ0) is 28.6. The Hall–Kier alpha value is -3.26. The smallest absolute Gasteiger partial charge is 0.408 e. The molecule has 214 valence electrons. The van der Waals surface area contributed by atoms with Gasteiger partial charge in [-0.2, -0.15) is 0 Å². The second-order valence-electron chi connectivity index (χ2n) is 10.8. The first-order valence-electron chi connectivity index (χ1n) is 13.0. The molecular weight excluding hydrogens is 602 g/mol. The standard InChI is InChI=1S/C26H32BrN7O5S/c1-14(31-25(36)39-26(2,3)4)23(35)33-7-5-15(6-8-33)11-34-22-20(21(28)29-12-30-22)32-24(34)40-19-10-18-17(9-16(19)27)37-13-38-18/h9-10,12,14-15H,5-8,11,13H2,1-4H3,(H,31,36)(H2,28,29,30)/t14-/m1/s1. The van der Waals surface area contributed by atoms with Crippen molar-refractivity contribution in [1.82, 2.24) is 29.7 Å². The maximum absolute atomic E-state index is 13.0. The van der Waals surface area contributed by atoms with E-state index in [0.717, 1.165) is 27.4 Å².